The molecule has 0 aliphatic rings. The number of anilines is 1. The van der Waals surface area contributed by atoms with Gasteiger partial charge in [0.2, 0.25) is 5.91 Å². The van der Waals surface area contributed by atoms with Gasteiger partial charge < -0.3 is 15.2 Å². The summed E-state index contributed by atoms with van der Waals surface area (Å²) in [6.07, 6.45) is 6.73. The Morgan fingerprint density at radius 2 is 2.04 bits per heavy atom. The molecule has 2 aromatic heterocycles. The molecule has 8 heteroatoms. The van der Waals surface area contributed by atoms with Crippen LogP contribution < -0.4 is 10.6 Å². The van der Waals surface area contributed by atoms with Crippen LogP contribution in [0.3, 0.4) is 0 Å². The summed E-state index contributed by atoms with van der Waals surface area (Å²) in [5.74, 6) is -0.0992. The van der Waals surface area contributed by atoms with Gasteiger partial charge in [0.05, 0.1) is 6.20 Å². The standard InChI is InChI=1S/C18H23N5O.2ClH/c1-4-8-23-9-7-13-10-15(5-6-16(13)23)21-18(24)17(19-2)14-11-20-22(3)12-14;;/h5-7,9-12,17,19H,4,8H2,1-3H3,(H,21,24);2*1H. The minimum atomic E-state index is -0.431. The first-order valence-electron chi connectivity index (χ1n) is 8.18. The molecule has 0 aliphatic heterocycles. The van der Waals surface area contributed by atoms with Crippen molar-refractivity contribution >= 4 is 47.3 Å². The third kappa shape index (κ3) is 4.58. The molecule has 0 radical (unpaired) electrons. The van der Waals surface area contributed by atoms with Gasteiger partial charge in [-0.05, 0) is 37.7 Å². The summed E-state index contributed by atoms with van der Waals surface area (Å²) < 4.78 is 3.92. The Labute approximate surface area is 165 Å². The van der Waals surface area contributed by atoms with E-state index < -0.39 is 6.04 Å². The predicted octanol–water partition coefficient (Wildman–Crippen LogP) is 3.53. The van der Waals surface area contributed by atoms with Crippen LogP contribution in [0.4, 0.5) is 5.69 Å². The van der Waals surface area contributed by atoms with Gasteiger partial charge >= 0.3 is 0 Å². The molecule has 26 heavy (non-hydrogen) atoms. The zero-order valence-electron chi connectivity index (χ0n) is 15.1. The average molecular weight is 398 g/mol. The summed E-state index contributed by atoms with van der Waals surface area (Å²) in [6, 6.07) is 7.66. The molecule has 0 bridgehead atoms. The van der Waals surface area contributed by atoms with Crippen molar-refractivity contribution in [3.63, 3.8) is 0 Å². The number of rotatable bonds is 6. The third-order valence-electron chi connectivity index (χ3n) is 4.11. The second-order valence-corrected chi connectivity index (χ2v) is 5.94. The Morgan fingerprint density at radius 1 is 1.27 bits per heavy atom. The van der Waals surface area contributed by atoms with Crippen LogP contribution in [0.25, 0.3) is 10.9 Å². The number of benzene rings is 1. The number of carbonyl (C=O) groups is 1. The molecule has 0 aliphatic carbocycles. The van der Waals surface area contributed by atoms with Crippen LogP contribution in [-0.4, -0.2) is 27.3 Å². The molecular weight excluding hydrogens is 373 g/mol. The number of hydrogen-bond donors (Lipinski definition) is 2. The molecule has 6 nitrogen and oxygen atoms in total. The molecule has 0 saturated heterocycles. The smallest absolute Gasteiger partial charge is 0.246 e. The van der Waals surface area contributed by atoms with Crippen LogP contribution in [-0.2, 0) is 18.4 Å². The highest BCUT2D eigenvalue weighted by Crippen LogP contribution is 2.22. The molecule has 1 unspecified atom stereocenters. The molecule has 3 rings (SSSR count). The number of nitrogens with one attached hydrogen (secondary N) is 2. The normalized spacial score (nSPS) is 11.5. The Bertz CT molecular complexity index is 858. The monoisotopic (exact) mass is 397 g/mol. The predicted molar refractivity (Wildman–Crippen MR) is 110 cm³/mol. The van der Waals surface area contributed by atoms with Gasteiger partial charge in [0, 0.05) is 48.1 Å². The SMILES string of the molecule is CCCn1ccc2cc(NC(=O)C(NC)c3cnn(C)c3)ccc21.Cl.Cl. The lowest BCUT2D eigenvalue weighted by Gasteiger charge is -2.14. The zero-order chi connectivity index (χ0) is 17.1. The van der Waals surface area contributed by atoms with Crippen LogP contribution in [0, 0.1) is 0 Å². The first-order chi connectivity index (χ1) is 11.6. The molecule has 0 spiro atoms. The van der Waals surface area contributed by atoms with Gasteiger partial charge in [-0.2, -0.15) is 5.10 Å². The number of likely N-dealkylation sites (N-methyl/N-ethyl adjacent to an activating group) is 1. The Balaban J connectivity index is 0.00000169. The third-order valence-corrected chi connectivity index (χ3v) is 4.11. The maximum absolute atomic E-state index is 12.6. The summed E-state index contributed by atoms with van der Waals surface area (Å²) in [7, 11) is 3.61. The molecular formula is C18H25Cl2N5O. The number of carbonyl (C=O) groups excluding carboxylic acids is 1. The summed E-state index contributed by atoms with van der Waals surface area (Å²) in [4.78, 5) is 12.6. The number of aryl methyl sites for hydroxylation is 2. The first kappa shape index (κ1) is 22.0. The van der Waals surface area contributed by atoms with E-state index in [2.05, 4.69) is 45.6 Å². The summed E-state index contributed by atoms with van der Waals surface area (Å²) in [5, 5.41) is 11.3. The summed E-state index contributed by atoms with van der Waals surface area (Å²) in [5.41, 5.74) is 2.82. The van der Waals surface area contributed by atoms with Crippen LogP contribution in [0.2, 0.25) is 0 Å². The van der Waals surface area contributed by atoms with E-state index in [0.717, 1.165) is 29.6 Å². The summed E-state index contributed by atoms with van der Waals surface area (Å²) in [6.45, 7) is 3.16. The Kier molecular flexibility index (Phi) is 8.14. The van der Waals surface area contributed by atoms with Crippen molar-refractivity contribution in [3.05, 3.63) is 48.4 Å². The fourth-order valence-electron chi connectivity index (χ4n) is 2.97. The van der Waals surface area contributed by atoms with Gasteiger partial charge in [0.15, 0.2) is 0 Å². The molecule has 1 amide bonds. The van der Waals surface area contributed by atoms with E-state index in [4.69, 9.17) is 0 Å². The van der Waals surface area contributed by atoms with E-state index in [9.17, 15) is 4.79 Å². The van der Waals surface area contributed by atoms with E-state index in [1.54, 1.807) is 17.9 Å². The molecule has 142 valence electrons. The lowest BCUT2D eigenvalue weighted by Crippen LogP contribution is -2.30. The van der Waals surface area contributed by atoms with E-state index >= 15 is 0 Å². The number of halogens is 2. The molecule has 1 aromatic carbocycles. The van der Waals surface area contributed by atoms with Gasteiger partial charge in [0.25, 0.3) is 0 Å². The highest BCUT2D eigenvalue weighted by atomic mass is 35.5. The Morgan fingerprint density at radius 3 is 2.65 bits per heavy atom. The fraction of sp³-hybridized carbons (Fsp3) is 0.333. The van der Waals surface area contributed by atoms with Gasteiger partial charge in [-0.3, -0.25) is 9.48 Å². The fourth-order valence-corrected chi connectivity index (χ4v) is 2.97. The average Bonchev–Trinajstić information content (AvgIpc) is 3.15. The second-order valence-electron chi connectivity index (χ2n) is 5.94. The molecule has 0 saturated carbocycles. The van der Waals surface area contributed by atoms with E-state index in [-0.39, 0.29) is 30.7 Å². The van der Waals surface area contributed by atoms with Gasteiger partial charge in [-0.25, -0.2) is 0 Å². The van der Waals surface area contributed by atoms with Crippen molar-refractivity contribution in [2.45, 2.75) is 25.9 Å². The number of hydrogen-bond acceptors (Lipinski definition) is 3. The summed E-state index contributed by atoms with van der Waals surface area (Å²) >= 11 is 0. The van der Waals surface area contributed by atoms with E-state index in [0.29, 0.717) is 0 Å². The molecule has 2 heterocycles. The number of fused-ring (bicyclic) bond motifs is 1. The van der Waals surface area contributed by atoms with Gasteiger partial charge in [-0.1, -0.05) is 6.92 Å². The van der Waals surface area contributed by atoms with Crippen molar-refractivity contribution in [2.24, 2.45) is 7.05 Å². The zero-order valence-corrected chi connectivity index (χ0v) is 16.7. The second kappa shape index (κ2) is 9.62. The maximum atomic E-state index is 12.6. The first-order valence-corrected chi connectivity index (χ1v) is 8.18. The number of aromatic nitrogens is 3. The molecule has 2 N–H and O–H groups in total. The lowest BCUT2D eigenvalue weighted by molar-refractivity contribution is -0.118. The van der Waals surface area contributed by atoms with Crippen molar-refractivity contribution in [2.75, 3.05) is 12.4 Å². The minimum absolute atomic E-state index is 0. The van der Waals surface area contributed by atoms with Crippen LogP contribution in [0.1, 0.15) is 24.9 Å². The van der Waals surface area contributed by atoms with Crippen LogP contribution >= 0.6 is 24.8 Å². The lowest BCUT2D eigenvalue weighted by atomic mass is 10.1. The Hall–Kier alpha value is -2.02. The topological polar surface area (TPSA) is 63.9 Å². The maximum Gasteiger partial charge on any atom is 0.246 e. The van der Waals surface area contributed by atoms with Crippen LogP contribution in [0.15, 0.2) is 42.9 Å². The minimum Gasteiger partial charge on any atom is -0.347 e. The highest BCUT2D eigenvalue weighted by Gasteiger charge is 2.20. The van der Waals surface area contributed by atoms with E-state index in [1.165, 1.54) is 5.52 Å². The molecule has 1 atom stereocenters. The molecule has 3 aromatic rings. The van der Waals surface area contributed by atoms with Gasteiger partial charge in [0.1, 0.15) is 6.04 Å². The van der Waals surface area contributed by atoms with Crippen molar-refractivity contribution in [1.29, 1.82) is 0 Å². The number of nitrogens with zero attached hydrogens (tertiary/aromatic N) is 3. The largest absolute Gasteiger partial charge is 0.347 e. The number of amides is 1. The van der Waals surface area contributed by atoms with Crippen molar-refractivity contribution < 1.29 is 4.79 Å². The van der Waals surface area contributed by atoms with Crippen molar-refractivity contribution in [3.8, 4) is 0 Å². The quantitative estimate of drug-likeness (QED) is 0.668. The van der Waals surface area contributed by atoms with E-state index in [1.807, 2.05) is 25.4 Å². The van der Waals surface area contributed by atoms with Gasteiger partial charge in [-0.15, -0.1) is 24.8 Å². The van der Waals surface area contributed by atoms with Crippen LogP contribution in [0.5, 0.6) is 0 Å². The van der Waals surface area contributed by atoms with Crippen molar-refractivity contribution in [1.82, 2.24) is 19.7 Å². The highest BCUT2D eigenvalue weighted by molar-refractivity contribution is 5.97. The molecule has 0 fully saturated rings.